The second kappa shape index (κ2) is 4.10. The number of rotatable bonds is 1. The summed E-state index contributed by atoms with van der Waals surface area (Å²) in [5, 5.41) is 0. The average Bonchev–Trinajstić information content (AvgIpc) is 2.69. The van der Waals surface area contributed by atoms with Gasteiger partial charge in [-0.1, -0.05) is 18.2 Å². The molecule has 0 N–H and O–H groups in total. The topological polar surface area (TPSA) is 33.2 Å². The number of nitrogens with zero attached hydrogens (tertiary/aromatic N) is 2. The Bertz CT molecular complexity index is 580. The first-order chi connectivity index (χ1) is 8.25. The summed E-state index contributed by atoms with van der Waals surface area (Å²) in [6.07, 6.45) is 1.74. The van der Waals surface area contributed by atoms with E-state index in [-0.39, 0.29) is 5.91 Å². The lowest BCUT2D eigenvalue weighted by molar-refractivity contribution is 0.0996. The SMILES string of the molecule is O=C1c2ccccc2CN1c1ccc(I)nc1. The van der Waals surface area contributed by atoms with Crippen LogP contribution in [0.2, 0.25) is 0 Å². The normalized spacial score (nSPS) is 13.9. The standard InChI is InChI=1S/C13H9IN2O/c14-12-6-5-10(7-15-12)16-8-9-3-1-2-4-11(9)13(16)17/h1-7H,8H2. The van der Waals surface area contributed by atoms with Gasteiger partial charge in [0, 0.05) is 5.56 Å². The molecule has 0 atom stereocenters. The first-order valence-corrected chi connectivity index (χ1v) is 6.35. The molecule has 4 heteroatoms. The molecule has 84 valence electrons. The molecular weight excluding hydrogens is 327 g/mol. The first kappa shape index (κ1) is 10.7. The molecule has 1 amide bonds. The molecule has 0 radical (unpaired) electrons. The molecule has 2 heterocycles. The van der Waals surface area contributed by atoms with Crippen molar-refractivity contribution in [2.24, 2.45) is 0 Å². The molecule has 1 aliphatic rings. The summed E-state index contributed by atoms with van der Waals surface area (Å²) < 4.78 is 0.926. The number of carbonyl (C=O) groups excluding carboxylic acids is 1. The molecule has 1 aliphatic heterocycles. The molecule has 1 aromatic carbocycles. The smallest absolute Gasteiger partial charge is 0.258 e. The third-order valence-electron chi connectivity index (χ3n) is 2.84. The highest BCUT2D eigenvalue weighted by atomic mass is 127. The van der Waals surface area contributed by atoms with Crippen molar-refractivity contribution in [3.8, 4) is 0 Å². The number of anilines is 1. The number of fused-ring (bicyclic) bond motifs is 1. The molecule has 2 aromatic rings. The zero-order valence-electron chi connectivity index (χ0n) is 8.93. The quantitative estimate of drug-likeness (QED) is 0.593. The van der Waals surface area contributed by atoms with Crippen molar-refractivity contribution in [3.63, 3.8) is 0 Å². The molecule has 0 spiro atoms. The fraction of sp³-hybridized carbons (Fsp3) is 0.0769. The van der Waals surface area contributed by atoms with Gasteiger partial charge in [-0.2, -0.15) is 0 Å². The van der Waals surface area contributed by atoms with Gasteiger partial charge in [0.25, 0.3) is 5.91 Å². The number of hydrogen-bond acceptors (Lipinski definition) is 2. The molecule has 0 saturated heterocycles. The van der Waals surface area contributed by atoms with Crippen molar-refractivity contribution in [2.75, 3.05) is 4.90 Å². The fourth-order valence-electron chi connectivity index (χ4n) is 1.99. The van der Waals surface area contributed by atoms with Crippen molar-refractivity contribution in [1.82, 2.24) is 4.98 Å². The van der Waals surface area contributed by atoms with Crippen LogP contribution in [0.3, 0.4) is 0 Å². The highest BCUT2D eigenvalue weighted by molar-refractivity contribution is 14.1. The Morgan fingerprint density at radius 1 is 1.18 bits per heavy atom. The minimum atomic E-state index is 0.0589. The number of pyridine rings is 1. The predicted octanol–water partition coefficient (Wildman–Crippen LogP) is 2.85. The largest absolute Gasteiger partial charge is 0.302 e. The van der Waals surface area contributed by atoms with Gasteiger partial charge >= 0.3 is 0 Å². The van der Waals surface area contributed by atoms with Crippen molar-refractivity contribution in [1.29, 1.82) is 0 Å². The van der Waals surface area contributed by atoms with Gasteiger partial charge in [-0.15, -0.1) is 0 Å². The molecule has 3 rings (SSSR count). The fourth-order valence-corrected chi connectivity index (χ4v) is 2.31. The van der Waals surface area contributed by atoms with E-state index >= 15 is 0 Å². The van der Waals surface area contributed by atoms with E-state index in [1.54, 1.807) is 11.1 Å². The summed E-state index contributed by atoms with van der Waals surface area (Å²) >= 11 is 2.15. The van der Waals surface area contributed by atoms with Crippen molar-refractivity contribution in [2.45, 2.75) is 6.54 Å². The molecule has 3 nitrogen and oxygen atoms in total. The number of halogens is 1. The summed E-state index contributed by atoms with van der Waals surface area (Å²) in [5.41, 5.74) is 2.73. The Hall–Kier alpha value is -1.43. The second-order valence-electron chi connectivity index (χ2n) is 3.89. The molecule has 0 unspecified atom stereocenters. The van der Waals surface area contributed by atoms with E-state index < -0.39 is 0 Å². The summed E-state index contributed by atoms with van der Waals surface area (Å²) in [4.78, 5) is 18.1. The highest BCUT2D eigenvalue weighted by Gasteiger charge is 2.27. The van der Waals surface area contributed by atoms with Gasteiger partial charge < -0.3 is 4.90 Å². The Morgan fingerprint density at radius 2 is 2.00 bits per heavy atom. The first-order valence-electron chi connectivity index (χ1n) is 5.27. The van der Waals surface area contributed by atoms with Crippen LogP contribution >= 0.6 is 22.6 Å². The van der Waals surface area contributed by atoms with Gasteiger partial charge in [-0.25, -0.2) is 4.98 Å². The van der Waals surface area contributed by atoms with Crippen LogP contribution in [0.5, 0.6) is 0 Å². The number of hydrogen-bond donors (Lipinski definition) is 0. The minimum Gasteiger partial charge on any atom is -0.302 e. The van der Waals surface area contributed by atoms with Gasteiger partial charge in [-0.05, 0) is 46.4 Å². The van der Waals surface area contributed by atoms with Crippen LogP contribution < -0.4 is 4.90 Å². The van der Waals surface area contributed by atoms with Gasteiger partial charge in [0.1, 0.15) is 3.70 Å². The summed E-state index contributed by atoms with van der Waals surface area (Å²) in [6, 6.07) is 11.6. The monoisotopic (exact) mass is 336 g/mol. The maximum atomic E-state index is 12.2. The van der Waals surface area contributed by atoms with Crippen LogP contribution in [0, 0.1) is 3.70 Å². The van der Waals surface area contributed by atoms with E-state index in [9.17, 15) is 4.79 Å². The third-order valence-corrected chi connectivity index (χ3v) is 3.48. The molecule has 0 bridgehead atoms. The van der Waals surface area contributed by atoms with E-state index in [1.165, 1.54) is 0 Å². The molecule has 0 saturated carbocycles. The van der Waals surface area contributed by atoms with Gasteiger partial charge in [0.15, 0.2) is 0 Å². The van der Waals surface area contributed by atoms with Crippen LogP contribution in [0.25, 0.3) is 0 Å². The molecular formula is C13H9IN2O. The Morgan fingerprint density at radius 3 is 2.71 bits per heavy atom. The predicted molar refractivity (Wildman–Crippen MR) is 73.9 cm³/mol. The second-order valence-corrected chi connectivity index (χ2v) is 4.99. The minimum absolute atomic E-state index is 0.0589. The van der Waals surface area contributed by atoms with Crippen LogP contribution in [0.4, 0.5) is 5.69 Å². The van der Waals surface area contributed by atoms with Crippen molar-refractivity contribution < 1.29 is 4.79 Å². The maximum absolute atomic E-state index is 12.2. The Balaban J connectivity index is 1.99. The summed E-state index contributed by atoms with van der Waals surface area (Å²) in [5.74, 6) is 0.0589. The van der Waals surface area contributed by atoms with E-state index in [0.29, 0.717) is 6.54 Å². The van der Waals surface area contributed by atoms with Crippen molar-refractivity contribution in [3.05, 3.63) is 57.4 Å². The molecule has 0 fully saturated rings. The highest BCUT2D eigenvalue weighted by Crippen LogP contribution is 2.27. The lowest BCUT2D eigenvalue weighted by atomic mass is 10.1. The van der Waals surface area contributed by atoms with Gasteiger partial charge in [-0.3, -0.25) is 4.79 Å². The summed E-state index contributed by atoms with van der Waals surface area (Å²) in [7, 11) is 0. The maximum Gasteiger partial charge on any atom is 0.258 e. The average molecular weight is 336 g/mol. The number of benzene rings is 1. The van der Waals surface area contributed by atoms with Crippen LogP contribution in [0.1, 0.15) is 15.9 Å². The molecule has 1 aromatic heterocycles. The lowest BCUT2D eigenvalue weighted by Gasteiger charge is -2.14. The van der Waals surface area contributed by atoms with Crippen LogP contribution in [-0.4, -0.2) is 10.9 Å². The molecule has 17 heavy (non-hydrogen) atoms. The van der Waals surface area contributed by atoms with E-state index in [4.69, 9.17) is 0 Å². The lowest BCUT2D eigenvalue weighted by Crippen LogP contribution is -2.23. The zero-order valence-corrected chi connectivity index (χ0v) is 11.1. The van der Waals surface area contributed by atoms with Crippen molar-refractivity contribution >= 4 is 34.2 Å². The number of amides is 1. The van der Waals surface area contributed by atoms with E-state index in [2.05, 4.69) is 27.6 Å². The van der Waals surface area contributed by atoms with Gasteiger partial charge in [0.05, 0.1) is 18.4 Å². The van der Waals surface area contributed by atoms with Gasteiger partial charge in [0.2, 0.25) is 0 Å². The van der Waals surface area contributed by atoms with Crippen LogP contribution in [0.15, 0.2) is 42.6 Å². The number of carbonyl (C=O) groups is 1. The Labute approximate surface area is 113 Å². The summed E-state index contributed by atoms with van der Waals surface area (Å²) in [6.45, 7) is 0.636. The molecule has 0 aliphatic carbocycles. The van der Waals surface area contributed by atoms with E-state index in [1.807, 2.05) is 36.4 Å². The Kier molecular flexibility index (Phi) is 2.58. The zero-order chi connectivity index (χ0) is 11.8. The van der Waals surface area contributed by atoms with Crippen LogP contribution in [-0.2, 0) is 6.54 Å². The van der Waals surface area contributed by atoms with E-state index in [0.717, 1.165) is 20.5 Å². The third kappa shape index (κ3) is 1.82. The number of aromatic nitrogens is 1.